The Bertz CT molecular complexity index is 753. The van der Waals surface area contributed by atoms with E-state index in [0.29, 0.717) is 0 Å². The number of hydrogen-bond donors (Lipinski definition) is 2. The molecule has 0 bridgehead atoms. The van der Waals surface area contributed by atoms with Gasteiger partial charge in [0.2, 0.25) is 0 Å². The molecule has 2 nitrogen and oxygen atoms in total. The van der Waals surface area contributed by atoms with Crippen LogP contribution in [0, 0.1) is 0 Å². The monoisotopic (exact) mass is 262 g/mol. The van der Waals surface area contributed by atoms with Gasteiger partial charge in [-0.3, -0.25) is 5.84 Å². The summed E-state index contributed by atoms with van der Waals surface area (Å²) in [4.78, 5) is 0. The van der Waals surface area contributed by atoms with E-state index in [2.05, 4.69) is 47.9 Å². The minimum absolute atomic E-state index is 0.964. The van der Waals surface area contributed by atoms with Gasteiger partial charge in [0.15, 0.2) is 0 Å². The number of rotatable bonds is 1. The fourth-order valence-electron chi connectivity index (χ4n) is 3.53. The molecule has 3 N–H and O–H groups in total. The van der Waals surface area contributed by atoms with Gasteiger partial charge in [-0.25, -0.2) is 0 Å². The van der Waals surface area contributed by atoms with Gasteiger partial charge in [-0.05, 0) is 65.3 Å². The van der Waals surface area contributed by atoms with E-state index in [1.807, 2.05) is 0 Å². The number of benzene rings is 2. The summed E-state index contributed by atoms with van der Waals surface area (Å²) >= 11 is 0. The fourth-order valence-corrected chi connectivity index (χ4v) is 3.53. The first-order valence-electron chi connectivity index (χ1n) is 7.28. The zero-order valence-electron chi connectivity index (χ0n) is 11.4. The molecule has 0 radical (unpaired) electrons. The maximum atomic E-state index is 5.50. The summed E-state index contributed by atoms with van der Waals surface area (Å²) in [6.45, 7) is 0. The van der Waals surface area contributed by atoms with Crippen molar-refractivity contribution in [3.63, 3.8) is 0 Å². The molecule has 0 aliphatic heterocycles. The summed E-state index contributed by atoms with van der Waals surface area (Å²) in [6.07, 6.45) is 9.43. The van der Waals surface area contributed by atoms with E-state index < -0.39 is 0 Å². The van der Waals surface area contributed by atoms with Gasteiger partial charge in [-0.15, -0.1) is 0 Å². The van der Waals surface area contributed by atoms with Gasteiger partial charge in [0, 0.05) is 5.69 Å². The van der Waals surface area contributed by atoms with Crippen molar-refractivity contribution in [3.05, 3.63) is 59.2 Å². The Kier molecular flexibility index (Phi) is 2.64. The van der Waals surface area contributed by atoms with E-state index >= 15 is 0 Å². The Morgan fingerprint density at radius 3 is 2.85 bits per heavy atom. The zero-order valence-corrected chi connectivity index (χ0v) is 11.4. The topological polar surface area (TPSA) is 38.0 Å². The lowest BCUT2D eigenvalue weighted by atomic mass is 9.79. The first kappa shape index (κ1) is 11.7. The molecule has 0 unspecified atom stereocenters. The molecule has 0 amide bonds. The Hall–Kier alpha value is -2.06. The van der Waals surface area contributed by atoms with Crippen LogP contribution in [-0.4, -0.2) is 0 Å². The van der Waals surface area contributed by atoms with Crippen LogP contribution in [0.15, 0.2) is 48.1 Å². The summed E-state index contributed by atoms with van der Waals surface area (Å²) in [5.74, 6) is 5.50. The van der Waals surface area contributed by atoms with Crippen LogP contribution in [0.3, 0.4) is 0 Å². The molecule has 100 valence electrons. The minimum atomic E-state index is 0.964. The average molecular weight is 262 g/mol. The largest absolute Gasteiger partial charge is 0.324 e. The third kappa shape index (κ3) is 1.69. The lowest BCUT2D eigenvalue weighted by Gasteiger charge is -2.25. The molecule has 4 rings (SSSR count). The number of nitrogens with one attached hydrogen (secondary N) is 1. The third-order valence-corrected chi connectivity index (χ3v) is 4.54. The molecule has 2 aromatic rings. The number of fused-ring (bicyclic) bond motifs is 4. The maximum Gasteiger partial charge on any atom is 0.0491 e. The second-order valence-electron chi connectivity index (χ2n) is 5.63. The van der Waals surface area contributed by atoms with Gasteiger partial charge in [-0.2, -0.15) is 0 Å². The highest BCUT2D eigenvalue weighted by Gasteiger charge is 2.20. The van der Waals surface area contributed by atoms with Gasteiger partial charge in [0.1, 0.15) is 0 Å². The molecule has 0 atom stereocenters. The number of nitrogens with two attached hydrogens (primary N) is 1. The first-order valence-corrected chi connectivity index (χ1v) is 7.28. The smallest absolute Gasteiger partial charge is 0.0491 e. The van der Waals surface area contributed by atoms with Gasteiger partial charge in [0.05, 0.1) is 0 Å². The van der Waals surface area contributed by atoms with Crippen molar-refractivity contribution in [3.8, 4) is 0 Å². The summed E-state index contributed by atoms with van der Waals surface area (Å²) in [6, 6.07) is 10.9. The SMILES string of the molecule is NNc1ccc2c3c(ccc2c1)C1=C(CCC=C1)CC3. The average Bonchev–Trinajstić information content (AvgIpc) is 2.53. The molecule has 0 spiro atoms. The van der Waals surface area contributed by atoms with Crippen molar-refractivity contribution >= 4 is 22.0 Å². The molecule has 20 heavy (non-hydrogen) atoms. The van der Waals surface area contributed by atoms with Crippen LogP contribution in [0.5, 0.6) is 0 Å². The van der Waals surface area contributed by atoms with E-state index in [9.17, 15) is 0 Å². The van der Waals surface area contributed by atoms with Crippen molar-refractivity contribution < 1.29 is 0 Å². The molecule has 0 aromatic heterocycles. The summed E-state index contributed by atoms with van der Waals surface area (Å²) in [5, 5.41) is 2.63. The second-order valence-corrected chi connectivity index (χ2v) is 5.63. The predicted octanol–water partition coefficient (Wildman–Crippen LogP) is 4.18. The van der Waals surface area contributed by atoms with Crippen LogP contribution < -0.4 is 11.3 Å². The van der Waals surface area contributed by atoms with Crippen LogP contribution in [0.2, 0.25) is 0 Å². The van der Waals surface area contributed by atoms with Crippen LogP contribution in [0.25, 0.3) is 16.3 Å². The number of hydrogen-bond acceptors (Lipinski definition) is 2. The van der Waals surface area contributed by atoms with Gasteiger partial charge < -0.3 is 5.43 Å². The molecule has 2 aliphatic rings. The Morgan fingerprint density at radius 1 is 1.00 bits per heavy atom. The normalized spacial score (nSPS) is 17.1. The van der Waals surface area contributed by atoms with Crippen LogP contribution >= 0.6 is 0 Å². The molecular weight excluding hydrogens is 244 g/mol. The van der Waals surface area contributed by atoms with E-state index in [-0.39, 0.29) is 0 Å². The molecular formula is C18H18N2. The van der Waals surface area contributed by atoms with Crippen molar-refractivity contribution in [2.24, 2.45) is 5.84 Å². The Labute approximate surface area is 119 Å². The molecule has 0 fully saturated rings. The van der Waals surface area contributed by atoms with Crippen LogP contribution in [-0.2, 0) is 6.42 Å². The van der Waals surface area contributed by atoms with Crippen molar-refractivity contribution in [2.75, 3.05) is 5.43 Å². The quantitative estimate of drug-likeness (QED) is 0.598. The van der Waals surface area contributed by atoms with Crippen molar-refractivity contribution in [1.29, 1.82) is 0 Å². The highest BCUT2D eigenvalue weighted by atomic mass is 15.2. The fraction of sp³-hybridized carbons (Fsp3) is 0.222. The molecule has 0 saturated carbocycles. The molecule has 2 heteroatoms. The van der Waals surface area contributed by atoms with Crippen molar-refractivity contribution in [2.45, 2.75) is 25.7 Å². The number of allylic oxidation sites excluding steroid dienone is 4. The molecule has 0 heterocycles. The van der Waals surface area contributed by atoms with Gasteiger partial charge in [0.25, 0.3) is 0 Å². The first-order chi connectivity index (χ1) is 9.86. The number of anilines is 1. The molecule has 0 saturated heterocycles. The molecule has 2 aromatic carbocycles. The summed E-state index contributed by atoms with van der Waals surface area (Å²) in [5.41, 5.74) is 9.73. The van der Waals surface area contributed by atoms with Crippen LogP contribution in [0.4, 0.5) is 5.69 Å². The predicted molar refractivity (Wildman–Crippen MR) is 85.4 cm³/mol. The number of hydrazine groups is 1. The van der Waals surface area contributed by atoms with E-state index in [4.69, 9.17) is 5.84 Å². The van der Waals surface area contributed by atoms with Gasteiger partial charge >= 0.3 is 0 Å². The van der Waals surface area contributed by atoms with E-state index in [1.54, 1.807) is 5.57 Å². The van der Waals surface area contributed by atoms with Crippen molar-refractivity contribution in [1.82, 2.24) is 0 Å². The molecule has 2 aliphatic carbocycles. The number of nitrogen functional groups attached to an aromatic ring is 1. The number of aryl methyl sites for hydroxylation is 1. The standard InChI is InChI=1S/C18H18N2/c19-20-14-7-10-16-13(11-14)6-9-17-15-4-2-1-3-12(15)5-8-18(16)17/h2,4,6-7,9-11,20H,1,3,5,8,19H2. The summed E-state index contributed by atoms with van der Waals surface area (Å²) in [7, 11) is 0. The lowest BCUT2D eigenvalue weighted by molar-refractivity contribution is 0.831. The highest BCUT2D eigenvalue weighted by Crippen LogP contribution is 2.40. The second kappa shape index (κ2) is 4.50. The van der Waals surface area contributed by atoms with E-state index in [0.717, 1.165) is 12.1 Å². The maximum absolute atomic E-state index is 5.50. The lowest BCUT2D eigenvalue weighted by Crippen LogP contribution is -2.08. The minimum Gasteiger partial charge on any atom is -0.324 e. The highest BCUT2D eigenvalue weighted by molar-refractivity contribution is 5.95. The Balaban J connectivity index is 1.95. The van der Waals surface area contributed by atoms with Crippen LogP contribution in [0.1, 0.15) is 30.4 Å². The summed E-state index contributed by atoms with van der Waals surface area (Å²) < 4.78 is 0. The van der Waals surface area contributed by atoms with Gasteiger partial charge in [-0.1, -0.05) is 35.9 Å². The Morgan fingerprint density at radius 2 is 1.95 bits per heavy atom. The third-order valence-electron chi connectivity index (χ3n) is 4.54. The zero-order chi connectivity index (χ0) is 13.5. The van der Waals surface area contributed by atoms with E-state index in [1.165, 1.54) is 46.7 Å².